The molecule has 7 nitrogen and oxygen atoms in total. The van der Waals surface area contributed by atoms with Crippen molar-refractivity contribution in [2.24, 2.45) is 0 Å². The van der Waals surface area contributed by atoms with Crippen LogP contribution in [-0.4, -0.2) is 16.1 Å². The Morgan fingerprint density at radius 3 is 2.35 bits per heavy atom. The Morgan fingerprint density at radius 2 is 1.76 bits per heavy atom. The van der Waals surface area contributed by atoms with Crippen LogP contribution in [0.25, 0.3) is 17.2 Å². The van der Waals surface area contributed by atoms with E-state index in [2.05, 4.69) is 17.1 Å². The monoisotopic (exact) mass is 448 g/mol. The van der Waals surface area contributed by atoms with E-state index in [0.29, 0.717) is 34.8 Å². The molecule has 0 atom stereocenters. The Hall–Kier alpha value is -4.88. The lowest BCUT2D eigenvalue weighted by atomic mass is 9.95. The van der Waals surface area contributed by atoms with Gasteiger partial charge in [-0.3, -0.25) is 0 Å². The fourth-order valence-corrected chi connectivity index (χ4v) is 3.93. The number of nitrogens with zero attached hydrogens (tertiary/aromatic N) is 3. The molecule has 166 valence electrons. The highest BCUT2D eigenvalue weighted by molar-refractivity contribution is 6.08. The molecule has 3 N–H and O–H groups in total. The zero-order chi connectivity index (χ0) is 24.4. The number of aromatic nitrogens is 1. The van der Waals surface area contributed by atoms with Crippen LogP contribution >= 0.6 is 0 Å². The van der Waals surface area contributed by atoms with Crippen molar-refractivity contribution in [3.8, 4) is 17.9 Å². The Bertz CT molecular complexity index is 1450. The van der Waals surface area contributed by atoms with Crippen LogP contribution in [0.3, 0.4) is 0 Å². The lowest BCUT2D eigenvalue weighted by molar-refractivity contribution is 0.0697. The van der Waals surface area contributed by atoms with E-state index in [0.717, 1.165) is 27.8 Å². The van der Waals surface area contributed by atoms with Crippen molar-refractivity contribution in [3.63, 3.8) is 0 Å². The van der Waals surface area contributed by atoms with Crippen LogP contribution < -0.4 is 10.5 Å². The molecule has 1 aromatic heterocycles. The number of carbonyl (C=O) groups is 1. The second kappa shape index (κ2) is 8.93. The number of ether oxygens (including phenoxy) is 1. The number of hydrogen-bond donors (Lipinski definition) is 2. The van der Waals surface area contributed by atoms with Gasteiger partial charge in [0.15, 0.2) is 0 Å². The van der Waals surface area contributed by atoms with E-state index in [-0.39, 0.29) is 11.4 Å². The molecule has 7 heteroatoms. The van der Waals surface area contributed by atoms with Gasteiger partial charge in [-0.25, -0.2) is 9.78 Å². The lowest BCUT2D eigenvalue weighted by Gasteiger charge is -2.11. The van der Waals surface area contributed by atoms with E-state index in [1.807, 2.05) is 44.2 Å². The van der Waals surface area contributed by atoms with Gasteiger partial charge in [-0.15, -0.1) is 0 Å². The fourth-order valence-electron chi connectivity index (χ4n) is 3.93. The predicted molar refractivity (Wildman–Crippen MR) is 128 cm³/mol. The zero-order valence-corrected chi connectivity index (χ0v) is 18.6. The van der Waals surface area contributed by atoms with Crippen molar-refractivity contribution in [1.82, 2.24) is 4.98 Å². The molecule has 0 fully saturated rings. The van der Waals surface area contributed by atoms with E-state index < -0.39 is 5.97 Å². The standard InChI is InChI=1S/C27H20N4O3/c1-15-21(24-16(2)23(13-29)26(30)31-25(24)22(15)12-28)11-17-5-9-20(10-6-17)34-14-18-3-7-19(8-4-18)27(32)33/h3-11H,14H2,1-2H3,(H2,30,31)(H,32,33). The van der Waals surface area contributed by atoms with Crippen molar-refractivity contribution in [2.45, 2.75) is 20.5 Å². The highest BCUT2D eigenvalue weighted by Crippen LogP contribution is 2.44. The Morgan fingerprint density at radius 1 is 1.09 bits per heavy atom. The maximum absolute atomic E-state index is 11.0. The molecule has 0 radical (unpaired) electrons. The van der Waals surface area contributed by atoms with Crippen LogP contribution in [0.15, 0.2) is 54.1 Å². The lowest BCUT2D eigenvalue weighted by Crippen LogP contribution is -2.03. The summed E-state index contributed by atoms with van der Waals surface area (Å²) in [6.07, 6.45) is 1.96. The molecule has 34 heavy (non-hydrogen) atoms. The van der Waals surface area contributed by atoms with Crippen LogP contribution in [0.1, 0.15) is 50.8 Å². The van der Waals surface area contributed by atoms with Gasteiger partial charge in [0, 0.05) is 5.56 Å². The van der Waals surface area contributed by atoms with Crippen LogP contribution in [0.2, 0.25) is 0 Å². The van der Waals surface area contributed by atoms with Crippen molar-refractivity contribution < 1.29 is 14.6 Å². The van der Waals surface area contributed by atoms with Crippen molar-refractivity contribution >= 4 is 29.0 Å². The van der Waals surface area contributed by atoms with Crippen LogP contribution in [-0.2, 0) is 6.61 Å². The molecular weight excluding hydrogens is 428 g/mol. The topological polar surface area (TPSA) is 133 Å². The van der Waals surface area contributed by atoms with Gasteiger partial charge >= 0.3 is 5.97 Å². The van der Waals surface area contributed by atoms with Gasteiger partial charge in [-0.2, -0.15) is 10.5 Å². The molecule has 0 amide bonds. The summed E-state index contributed by atoms with van der Waals surface area (Å²) in [6.45, 7) is 3.99. The molecule has 0 aliphatic heterocycles. The van der Waals surface area contributed by atoms with Crippen molar-refractivity contribution in [1.29, 1.82) is 10.5 Å². The van der Waals surface area contributed by atoms with Crippen LogP contribution in [0.5, 0.6) is 5.75 Å². The quantitative estimate of drug-likeness (QED) is 0.563. The first kappa shape index (κ1) is 22.3. The minimum Gasteiger partial charge on any atom is -0.489 e. The van der Waals surface area contributed by atoms with E-state index in [1.54, 1.807) is 24.3 Å². The first-order valence-electron chi connectivity index (χ1n) is 10.4. The molecule has 1 aliphatic carbocycles. The Balaban J connectivity index is 1.59. The third kappa shape index (κ3) is 3.99. The fraction of sp³-hybridized carbons (Fsp3) is 0.111. The summed E-state index contributed by atoms with van der Waals surface area (Å²) in [7, 11) is 0. The molecule has 0 unspecified atom stereocenters. The molecule has 3 aromatic rings. The number of allylic oxidation sites excluding steroid dienone is 3. The molecule has 0 spiro atoms. The van der Waals surface area contributed by atoms with E-state index in [4.69, 9.17) is 15.6 Å². The first-order chi connectivity index (χ1) is 16.3. The minimum absolute atomic E-state index is 0.125. The largest absolute Gasteiger partial charge is 0.489 e. The summed E-state index contributed by atoms with van der Waals surface area (Å²) in [5.41, 5.74) is 12.3. The minimum atomic E-state index is -0.965. The average molecular weight is 448 g/mol. The number of rotatable bonds is 5. The number of nitrogen functional groups attached to an aromatic ring is 1. The molecule has 0 bridgehead atoms. The number of nitriles is 2. The molecule has 4 rings (SSSR count). The summed E-state index contributed by atoms with van der Waals surface area (Å²) in [6, 6.07) is 18.3. The van der Waals surface area contributed by atoms with E-state index in [9.17, 15) is 15.3 Å². The average Bonchev–Trinajstić information content (AvgIpc) is 3.09. The smallest absolute Gasteiger partial charge is 0.335 e. The molecule has 1 heterocycles. The summed E-state index contributed by atoms with van der Waals surface area (Å²) in [5, 5.41) is 28.2. The summed E-state index contributed by atoms with van der Waals surface area (Å²) in [4.78, 5) is 15.3. The summed E-state index contributed by atoms with van der Waals surface area (Å²) < 4.78 is 5.81. The molecule has 1 aliphatic rings. The number of fused-ring (bicyclic) bond motifs is 1. The molecule has 2 aromatic carbocycles. The van der Waals surface area contributed by atoms with Gasteiger partial charge in [0.05, 0.1) is 22.4 Å². The number of pyridine rings is 1. The van der Waals surface area contributed by atoms with Crippen molar-refractivity contribution in [2.75, 3.05) is 5.73 Å². The number of benzene rings is 2. The molecule has 0 saturated carbocycles. The molecular formula is C27H20N4O3. The third-order valence-corrected chi connectivity index (χ3v) is 5.78. The van der Waals surface area contributed by atoms with Gasteiger partial charge in [0.25, 0.3) is 0 Å². The van der Waals surface area contributed by atoms with E-state index in [1.165, 1.54) is 0 Å². The number of carboxylic acids is 1. The third-order valence-electron chi connectivity index (χ3n) is 5.78. The summed E-state index contributed by atoms with van der Waals surface area (Å²) >= 11 is 0. The highest BCUT2D eigenvalue weighted by Gasteiger charge is 2.29. The Labute approximate surface area is 196 Å². The maximum Gasteiger partial charge on any atom is 0.335 e. The van der Waals surface area contributed by atoms with Gasteiger partial charge in [0.1, 0.15) is 30.3 Å². The maximum atomic E-state index is 11.0. The van der Waals surface area contributed by atoms with Gasteiger partial charge in [-0.1, -0.05) is 24.3 Å². The number of aromatic carboxylic acids is 1. The second-order valence-electron chi connectivity index (χ2n) is 7.86. The predicted octanol–water partition coefficient (Wildman–Crippen LogP) is 4.97. The van der Waals surface area contributed by atoms with Gasteiger partial charge < -0.3 is 15.6 Å². The first-order valence-corrected chi connectivity index (χ1v) is 10.4. The van der Waals surface area contributed by atoms with Crippen LogP contribution in [0.4, 0.5) is 5.82 Å². The number of hydrogen-bond acceptors (Lipinski definition) is 6. The number of anilines is 1. The second-order valence-corrected chi connectivity index (χ2v) is 7.86. The van der Waals surface area contributed by atoms with Gasteiger partial charge in [0.2, 0.25) is 0 Å². The van der Waals surface area contributed by atoms with Crippen molar-refractivity contribution in [3.05, 3.63) is 93.2 Å². The highest BCUT2D eigenvalue weighted by atomic mass is 16.5. The van der Waals surface area contributed by atoms with E-state index >= 15 is 0 Å². The van der Waals surface area contributed by atoms with Gasteiger partial charge in [-0.05, 0) is 72.0 Å². The number of carboxylic acid groups (broad SMARTS) is 1. The molecule has 0 saturated heterocycles. The zero-order valence-electron chi connectivity index (χ0n) is 18.6. The normalized spacial score (nSPS) is 13.4. The number of nitrogens with two attached hydrogens (primary N) is 1. The summed E-state index contributed by atoms with van der Waals surface area (Å²) in [5.74, 6) is -0.175. The SMILES string of the molecule is CC1=C(C#N)c2nc(N)c(C#N)c(C)c2C1=Cc1ccc(OCc2ccc(C(=O)O)cc2)cc1. The van der Waals surface area contributed by atoms with Crippen LogP contribution in [0, 0.1) is 29.6 Å². The Kier molecular flexibility index (Phi) is 5.86.